The summed E-state index contributed by atoms with van der Waals surface area (Å²) in [5.74, 6) is 0.683. The SMILES string of the molecule is COc1cccc2sc(NC(=O)Nc3ccc(N4CCC(O)CC4)cc3)nc12. The summed E-state index contributed by atoms with van der Waals surface area (Å²) in [6.45, 7) is 1.69. The van der Waals surface area contributed by atoms with E-state index in [1.807, 2.05) is 42.5 Å². The van der Waals surface area contributed by atoms with Gasteiger partial charge < -0.3 is 20.1 Å². The Hall–Kier alpha value is -2.84. The minimum absolute atomic E-state index is 0.191. The van der Waals surface area contributed by atoms with Gasteiger partial charge in [0.05, 0.1) is 17.9 Å². The Bertz CT molecular complexity index is 965. The van der Waals surface area contributed by atoms with Crippen molar-refractivity contribution in [3.05, 3.63) is 42.5 Å². The van der Waals surface area contributed by atoms with E-state index in [2.05, 4.69) is 20.5 Å². The van der Waals surface area contributed by atoms with Crippen LogP contribution in [0.25, 0.3) is 10.2 Å². The number of ether oxygens (including phenoxy) is 1. The van der Waals surface area contributed by atoms with E-state index in [1.165, 1.54) is 11.3 Å². The molecule has 2 aromatic carbocycles. The first-order valence-electron chi connectivity index (χ1n) is 9.17. The predicted molar refractivity (Wildman–Crippen MR) is 113 cm³/mol. The van der Waals surface area contributed by atoms with Crippen LogP contribution in [0.2, 0.25) is 0 Å². The van der Waals surface area contributed by atoms with E-state index in [4.69, 9.17) is 4.74 Å². The summed E-state index contributed by atoms with van der Waals surface area (Å²) >= 11 is 1.40. The number of rotatable bonds is 4. The Kier molecular flexibility index (Phi) is 5.31. The van der Waals surface area contributed by atoms with Crippen LogP contribution in [0.1, 0.15) is 12.8 Å². The Balaban J connectivity index is 1.38. The molecule has 1 fully saturated rings. The molecule has 0 radical (unpaired) electrons. The summed E-state index contributed by atoms with van der Waals surface area (Å²) in [6, 6.07) is 13.1. The lowest BCUT2D eigenvalue weighted by Crippen LogP contribution is -2.35. The highest BCUT2D eigenvalue weighted by molar-refractivity contribution is 7.22. The van der Waals surface area contributed by atoms with Gasteiger partial charge in [0, 0.05) is 24.5 Å². The predicted octanol–water partition coefficient (Wildman–Crippen LogP) is 3.91. The molecule has 3 N–H and O–H groups in total. The van der Waals surface area contributed by atoms with Gasteiger partial charge in [0.2, 0.25) is 0 Å². The number of thiazole rings is 1. The van der Waals surface area contributed by atoms with Gasteiger partial charge in [0.1, 0.15) is 11.3 Å². The van der Waals surface area contributed by atoms with Crippen LogP contribution in [0.15, 0.2) is 42.5 Å². The van der Waals surface area contributed by atoms with Gasteiger partial charge in [0.25, 0.3) is 0 Å². The molecule has 8 heteroatoms. The molecular formula is C20H22N4O3S. The molecular weight excluding hydrogens is 376 g/mol. The molecule has 0 spiro atoms. The number of benzene rings is 2. The zero-order chi connectivity index (χ0) is 19.5. The third kappa shape index (κ3) is 4.02. The summed E-state index contributed by atoms with van der Waals surface area (Å²) in [6.07, 6.45) is 1.38. The molecule has 0 unspecified atom stereocenters. The molecule has 1 saturated heterocycles. The zero-order valence-electron chi connectivity index (χ0n) is 15.5. The molecule has 1 aliphatic heterocycles. The fourth-order valence-corrected chi connectivity index (χ4v) is 4.16. The maximum atomic E-state index is 12.3. The van der Waals surface area contributed by atoms with E-state index in [9.17, 15) is 9.90 Å². The number of anilines is 3. The lowest BCUT2D eigenvalue weighted by molar-refractivity contribution is 0.145. The largest absolute Gasteiger partial charge is 0.494 e. The number of fused-ring (bicyclic) bond motifs is 1. The molecule has 0 bridgehead atoms. The molecule has 0 aliphatic carbocycles. The number of aromatic nitrogens is 1. The van der Waals surface area contributed by atoms with E-state index < -0.39 is 0 Å². The highest BCUT2D eigenvalue weighted by Gasteiger charge is 2.17. The van der Waals surface area contributed by atoms with E-state index in [1.54, 1.807) is 7.11 Å². The van der Waals surface area contributed by atoms with Gasteiger partial charge >= 0.3 is 6.03 Å². The van der Waals surface area contributed by atoms with Gasteiger partial charge in [-0.05, 0) is 49.2 Å². The van der Waals surface area contributed by atoms with Crippen molar-refractivity contribution in [1.82, 2.24) is 4.98 Å². The van der Waals surface area contributed by atoms with Crippen molar-refractivity contribution in [2.75, 3.05) is 35.7 Å². The van der Waals surface area contributed by atoms with Gasteiger partial charge in [-0.2, -0.15) is 0 Å². The molecule has 7 nitrogen and oxygen atoms in total. The summed E-state index contributed by atoms with van der Waals surface area (Å²) < 4.78 is 6.26. The average Bonchev–Trinajstić information content (AvgIpc) is 3.11. The molecule has 0 atom stereocenters. The second kappa shape index (κ2) is 8.04. The molecule has 146 valence electrons. The second-order valence-electron chi connectivity index (χ2n) is 6.67. The molecule has 1 aromatic heterocycles. The number of nitrogens with zero attached hydrogens (tertiary/aromatic N) is 2. The number of aliphatic hydroxyl groups is 1. The number of nitrogens with one attached hydrogen (secondary N) is 2. The van der Waals surface area contributed by atoms with Crippen LogP contribution >= 0.6 is 11.3 Å². The molecule has 2 amide bonds. The second-order valence-corrected chi connectivity index (χ2v) is 7.70. The minimum Gasteiger partial charge on any atom is -0.494 e. The normalized spacial score (nSPS) is 14.9. The molecule has 28 heavy (non-hydrogen) atoms. The summed E-state index contributed by atoms with van der Waals surface area (Å²) in [5, 5.41) is 15.7. The number of methoxy groups -OCH3 is 1. The number of hydrogen-bond acceptors (Lipinski definition) is 6. The first-order chi connectivity index (χ1) is 13.6. The molecule has 4 rings (SSSR count). The van der Waals surface area contributed by atoms with Crippen molar-refractivity contribution >= 4 is 44.1 Å². The molecule has 1 aliphatic rings. The van der Waals surface area contributed by atoms with Crippen molar-refractivity contribution in [2.24, 2.45) is 0 Å². The molecule has 3 aromatic rings. The maximum absolute atomic E-state index is 12.3. The van der Waals surface area contributed by atoms with Crippen LogP contribution in [-0.4, -0.2) is 42.4 Å². The Labute approximate surface area is 167 Å². The van der Waals surface area contributed by atoms with Crippen molar-refractivity contribution in [1.29, 1.82) is 0 Å². The van der Waals surface area contributed by atoms with Gasteiger partial charge in [-0.25, -0.2) is 9.78 Å². The van der Waals surface area contributed by atoms with E-state index >= 15 is 0 Å². The third-order valence-corrected chi connectivity index (χ3v) is 5.71. The van der Waals surface area contributed by atoms with Crippen LogP contribution in [0, 0.1) is 0 Å². The summed E-state index contributed by atoms with van der Waals surface area (Å²) in [4.78, 5) is 19.0. The standard InChI is InChI=1S/C20H22N4O3S/c1-27-16-3-2-4-17-18(16)22-20(28-17)23-19(26)21-13-5-7-14(8-6-13)24-11-9-15(25)10-12-24/h2-8,15,25H,9-12H2,1H3,(H2,21,22,23,26). The number of para-hydroxylation sites is 1. The maximum Gasteiger partial charge on any atom is 0.325 e. The monoisotopic (exact) mass is 398 g/mol. The smallest absolute Gasteiger partial charge is 0.325 e. The van der Waals surface area contributed by atoms with Crippen molar-refractivity contribution in [3.63, 3.8) is 0 Å². The number of amides is 2. The van der Waals surface area contributed by atoms with Crippen LogP contribution in [0.4, 0.5) is 21.3 Å². The first-order valence-corrected chi connectivity index (χ1v) is 9.98. The fraction of sp³-hybridized carbons (Fsp3) is 0.300. The summed E-state index contributed by atoms with van der Waals surface area (Å²) in [7, 11) is 1.60. The number of piperidine rings is 1. The molecule has 0 saturated carbocycles. The fourth-order valence-electron chi connectivity index (χ4n) is 3.28. The summed E-state index contributed by atoms with van der Waals surface area (Å²) in [5.41, 5.74) is 2.54. The van der Waals surface area contributed by atoms with Crippen LogP contribution in [0.5, 0.6) is 5.75 Å². The number of hydrogen-bond donors (Lipinski definition) is 3. The Morgan fingerprint density at radius 3 is 2.64 bits per heavy atom. The average molecular weight is 398 g/mol. The van der Waals surface area contributed by atoms with E-state index in [0.29, 0.717) is 16.6 Å². The quantitative estimate of drug-likeness (QED) is 0.620. The minimum atomic E-state index is -0.341. The number of carbonyl (C=O) groups excluding carboxylic acids is 1. The van der Waals surface area contributed by atoms with Gasteiger partial charge in [-0.1, -0.05) is 17.4 Å². The number of carbonyl (C=O) groups is 1. The van der Waals surface area contributed by atoms with Crippen molar-refractivity contribution in [2.45, 2.75) is 18.9 Å². The molecule has 2 heterocycles. The zero-order valence-corrected chi connectivity index (χ0v) is 16.3. The first kappa shape index (κ1) is 18.5. The van der Waals surface area contributed by atoms with Crippen molar-refractivity contribution < 1.29 is 14.6 Å². The highest BCUT2D eigenvalue weighted by Crippen LogP contribution is 2.32. The van der Waals surface area contributed by atoms with Crippen LogP contribution in [0.3, 0.4) is 0 Å². The van der Waals surface area contributed by atoms with Gasteiger partial charge in [-0.3, -0.25) is 5.32 Å². The Morgan fingerprint density at radius 2 is 1.93 bits per heavy atom. The van der Waals surface area contributed by atoms with E-state index in [0.717, 1.165) is 41.8 Å². The lowest BCUT2D eigenvalue weighted by atomic mass is 10.1. The van der Waals surface area contributed by atoms with Crippen LogP contribution < -0.4 is 20.3 Å². The topological polar surface area (TPSA) is 86.7 Å². The van der Waals surface area contributed by atoms with Crippen LogP contribution in [-0.2, 0) is 0 Å². The van der Waals surface area contributed by atoms with E-state index in [-0.39, 0.29) is 12.1 Å². The number of aliphatic hydroxyl groups excluding tert-OH is 1. The van der Waals surface area contributed by atoms with Gasteiger partial charge in [0.15, 0.2) is 5.13 Å². The third-order valence-electron chi connectivity index (χ3n) is 4.78. The van der Waals surface area contributed by atoms with Crippen molar-refractivity contribution in [3.8, 4) is 5.75 Å². The number of urea groups is 1. The van der Waals surface area contributed by atoms with Gasteiger partial charge in [-0.15, -0.1) is 0 Å². The Morgan fingerprint density at radius 1 is 1.18 bits per heavy atom. The lowest BCUT2D eigenvalue weighted by Gasteiger charge is -2.31. The highest BCUT2D eigenvalue weighted by atomic mass is 32.1.